The lowest BCUT2D eigenvalue weighted by Crippen LogP contribution is -2.31. The Balaban J connectivity index is 0.00000121. The summed E-state index contributed by atoms with van der Waals surface area (Å²) in [4.78, 5) is 14.8. The van der Waals surface area contributed by atoms with Gasteiger partial charge in [-0.05, 0) is 12.8 Å². The summed E-state index contributed by atoms with van der Waals surface area (Å²) >= 11 is 0. The van der Waals surface area contributed by atoms with Crippen LogP contribution in [0, 0.1) is 0 Å². The SMILES string of the molecule is COC(=O)NC1=NCCCC1.Cl. The first-order valence-electron chi connectivity index (χ1n) is 3.71. The van der Waals surface area contributed by atoms with Gasteiger partial charge in [0, 0.05) is 13.0 Å². The van der Waals surface area contributed by atoms with Crippen LogP contribution in [0.2, 0.25) is 0 Å². The predicted molar refractivity (Wildman–Crippen MR) is 48.9 cm³/mol. The number of hydrogen-bond acceptors (Lipinski definition) is 3. The van der Waals surface area contributed by atoms with Gasteiger partial charge in [0.25, 0.3) is 0 Å². The highest BCUT2D eigenvalue weighted by molar-refractivity contribution is 5.95. The van der Waals surface area contributed by atoms with Crippen molar-refractivity contribution in [3.05, 3.63) is 0 Å². The quantitative estimate of drug-likeness (QED) is 0.630. The number of alkyl carbamates (subject to hydrolysis) is 1. The molecule has 1 amide bonds. The Kier molecular flexibility index (Phi) is 5.45. The van der Waals surface area contributed by atoms with Crippen molar-refractivity contribution in [1.82, 2.24) is 5.32 Å². The summed E-state index contributed by atoms with van der Waals surface area (Å²) in [7, 11) is 1.35. The third-order valence-corrected chi connectivity index (χ3v) is 1.56. The monoisotopic (exact) mass is 192 g/mol. The van der Waals surface area contributed by atoms with E-state index >= 15 is 0 Å². The number of amides is 1. The maximum Gasteiger partial charge on any atom is 0.412 e. The molecule has 70 valence electrons. The van der Waals surface area contributed by atoms with Crippen LogP contribution in [-0.2, 0) is 4.74 Å². The van der Waals surface area contributed by atoms with Gasteiger partial charge >= 0.3 is 6.09 Å². The van der Waals surface area contributed by atoms with Gasteiger partial charge in [0.2, 0.25) is 0 Å². The van der Waals surface area contributed by atoms with Gasteiger partial charge in [-0.25, -0.2) is 4.79 Å². The van der Waals surface area contributed by atoms with Crippen LogP contribution in [0.1, 0.15) is 19.3 Å². The van der Waals surface area contributed by atoms with Crippen molar-refractivity contribution in [2.24, 2.45) is 4.99 Å². The number of ether oxygens (including phenoxy) is 1. The first kappa shape index (κ1) is 11.2. The second-order valence-corrected chi connectivity index (χ2v) is 2.40. The molecule has 0 aliphatic carbocycles. The van der Waals surface area contributed by atoms with Crippen molar-refractivity contribution in [2.75, 3.05) is 13.7 Å². The maximum atomic E-state index is 10.7. The molecule has 12 heavy (non-hydrogen) atoms. The molecule has 1 aliphatic rings. The number of nitrogens with zero attached hydrogens (tertiary/aromatic N) is 1. The largest absolute Gasteiger partial charge is 0.453 e. The summed E-state index contributed by atoms with van der Waals surface area (Å²) in [6, 6.07) is 0. The van der Waals surface area contributed by atoms with Crippen LogP contribution in [0.25, 0.3) is 0 Å². The third-order valence-electron chi connectivity index (χ3n) is 1.56. The van der Waals surface area contributed by atoms with Gasteiger partial charge < -0.3 is 4.74 Å². The van der Waals surface area contributed by atoms with Crippen LogP contribution in [0.3, 0.4) is 0 Å². The van der Waals surface area contributed by atoms with Crippen LogP contribution in [0.4, 0.5) is 4.79 Å². The summed E-state index contributed by atoms with van der Waals surface area (Å²) in [6.07, 6.45) is 2.65. The van der Waals surface area contributed by atoms with Gasteiger partial charge in [-0.3, -0.25) is 10.3 Å². The van der Waals surface area contributed by atoms with E-state index in [0.29, 0.717) is 0 Å². The fraction of sp³-hybridized carbons (Fsp3) is 0.714. The van der Waals surface area contributed by atoms with Gasteiger partial charge in [-0.2, -0.15) is 0 Å². The molecule has 1 heterocycles. The van der Waals surface area contributed by atoms with Crippen molar-refractivity contribution in [3.8, 4) is 0 Å². The number of halogens is 1. The summed E-state index contributed by atoms with van der Waals surface area (Å²) in [5.41, 5.74) is 0. The molecule has 1 N–H and O–H groups in total. The van der Waals surface area contributed by atoms with Crippen LogP contribution < -0.4 is 5.32 Å². The molecule has 1 aliphatic heterocycles. The van der Waals surface area contributed by atoms with E-state index in [1.165, 1.54) is 7.11 Å². The zero-order valence-corrected chi connectivity index (χ0v) is 7.82. The molecule has 5 heteroatoms. The van der Waals surface area contributed by atoms with Gasteiger partial charge in [-0.15, -0.1) is 12.4 Å². The Bertz CT molecular complexity index is 182. The predicted octanol–water partition coefficient (Wildman–Crippen LogP) is 1.35. The molecule has 0 atom stereocenters. The fourth-order valence-corrected chi connectivity index (χ4v) is 0.968. The molecule has 0 aromatic heterocycles. The number of carbonyl (C=O) groups excluding carboxylic acids is 1. The van der Waals surface area contributed by atoms with Crippen molar-refractivity contribution in [1.29, 1.82) is 0 Å². The molecule has 0 aromatic carbocycles. The Hall–Kier alpha value is -0.770. The highest BCUT2D eigenvalue weighted by Gasteiger charge is 2.07. The first-order chi connectivity index (χ1) is 5.33. The van der Waals surface area contributed by atoms with E-state index in [0.717, 1.165) is 31.6 Å². The molecule has 0 saturated carbocycles. The van der Waals surface area contributed by atoms with E-state index in [1.54, 1.807) is 0 Å². The normalized spacial score (nSPS) is 15.6. The fourth-order valence-electron chi connectivity index (χ4n) is 0.968. The van der Waals surface area contributed by atoms with Crippen molar-refractivity contribution in [2.45, 2.75) is 19.3 Å². The smallest absolute Gasteiger partial charge is 0.412 e. The highest BCUT2D eigenvalue weighted by atomic mass is 35.5. The second kappa shape index (κ2) is 5.83. The minimum absolute atomic E-state index is 0. The molecular formula is C7H13ClN2O2. The van der Waals surface area contributed by atoms with Crippen LogP contribution in [-0.4, -0.2) is 25.6 Å². The molecule has 0 bridgehead atoms. The lowest BCUT2D eigenvalue weighted by molar-refractivity contribution is 0.176. The van der Waals surface area contributed by atoms with E-state index in [4.69, 9.17) is 0 Å². The molecule has 0 radical (unpaired) electrons. The third kappa shape index (κ3) is 3.57. The van der Waals surface area contributed by atoms with Crippen LogP contribution in [0.15, 0.2) is 4.99 Å². The maximum absolute atomic E-state index is 10.7. The summed E-state index contributed by atoms with van der Waals surface area (Å²) in [6.45, 7) is 0.819. The van der Waals surface area contributed by atoms with E-state index in [-0.39, 0.29) is 12.4 Å². The first-order valence-corrected chi connectivity index (χ1v) is 3.71. The zero-order valence-electron chi connectivity index (χ0n) is 7.00. The number of methoxy groups -OCH3 is 1. The van der Waals surface area contributed by atoms with Crippen molar-refractivity contribution >= 4 is 24.3 Å². The Morgan fingerprint density at radius 2 is 2.33 bits per heavy atom. The minimum Gasteiger partial charge on any atom is -0.453 e. The molecule has 0 aromatic rings. The van der Waals surface area contributed by atoms with E-state index < -0.39 is 6.09 Å². The number of carbonyl (C=O) groups is 1. The summed E-state index contributed by atoms with van der Waals surface area (Å²) in [5, 5.41) is 2.56. The average molecular weight is 193 g/mol. The van der Waals surface area contributed by atoms with Crippen LogP contribution >= 0.6 is 12.4 Å². The van der Waals surface area contributed by atoms with Crippen molar-refractivity contribution < 1.29 is 9.53 Å². The summed E-state index contributed by atoms with van der Waals surface area (Å²) in [5.74, 6) is 0.753. The average Bonchev–Trinajstić information content (AvgIpc) is 2.06. The number of amidine groups is 1. The van der Waals surface area contributed by atoms with E-state index in [2.05, 4.69) is 15.0 Å². The van der Waals surface area contributed by atoms with E-state index in [1.807, 2.05) is 0 Å². The van der Waals surface area contributed by atoms with Gasteiger partial charge in [-0.1, -0.05) is 0 Å². The van der Waals surface area contributed by atoms with Crippen molar-refractivity contribution in [3.63, 3.8) is 0 Å². The Labute approximate surface area is 77.8 Å². The molecule has 0 spiro atoms. The number of aliphatic imine (C=N–C) groups is 1. The van der Waals surface area contributed by atoms with E-state index in [9.17, 15) is 4.79 Å². The lowest BCUT2D eigenvalue weighted by atomic mass is 10.2. The van der Waals surface area contributed by atoms with Gasteiger partial charge in [0.05, 0.1) is 7.11 Å². The number of hydrogen-bond donors (Lipinski definition) is 1. The molecule has 0 unspecified atom stereocenters. The zero-order chi connectivity index (χ0) is 8.10. The van der Waals surface area contributed by atoms with Crippen LogP contribution in [0.5, 0.6) is 0 Å². The molecule has 0 saturated heterocycles. The molecule has 4 nitrogen and oxygen atoms in total. The van der Waals surface area contributed by atoms with Gasteiger partial charge in [0.1, 0.15) is 5.84 Å². The molecule has 0 fully saturated rings. The number of rotatable bonds is 0. The Morgan fingerprint density at radius 1 is 1.58 bits per heavy atom. The standard InChI is InChI=1S/C7H12N2O2.ClH/c1-11-7(10)9-6-4-2-3-5-8-6;/h2-5H2,1H3,(H,8,9,10);1H. The summed E-state index contributed by atoms with van der Waals surface area (Å²) < 4.78 is 4.42. The number of nitrogens with one attached hydrogen (secondary N) is 1. The Morgan fingerprint density at radius 3 is 2.83 bits per heavy atom. The second-order valence-electron chi connectivity index (χ2n) is 2.40. The highest BCUT2D eigenvalue weighted by Crippen LogP contribution is 2.03. The molecule has 1 rings (SSSR count). The van der Waals surface area contributed by atoms with Gasteiger partial charge in [0.15, 0.2) is 0 Å². The molecular weight excluding hydrogens is 180 g/mol. The topological polar surface area (TPSA) is 50.7 Å². The minimum atomic E-state index is -0.425. The lowest BCUT2D eigenvalue weighted by Gasteiger charge is -2.11.